The number of fused-ring (bicyclic) bond motifs is 1. The molecule has 0 N–H and O–H groups in total. The fourth-order valence-electron chi connectivity index (χ4n) is 2.06. The molecule has 0 aliphatic heterocycles. The topological polar surface area (TPSA) is 25.8 Å². The van der Waals surface area contributed by atoms with Gasteiger partial charge in [0.05, 0.1) is 11.2 Å². The predicted molar refractivity (Wildman–Crippen MR) is 69.7 cm³/mol. The second kappa shape index (κ2) is 3.98. The number of nitrogens with zero attached hydrogens (tertiary/aromatic N) is 2. The van der Waals surface area contributed by atoms with Gasteiger partial charge in [0, 0.05) is 10.9 Å². The second-order valence-electron chi connectivity index (χ2n) is 4.06. The molecule has 0 fully saturated rings. The summed E-state index contributed by atoms with van der Waals surface area (Å²) in [4.78, 5) is 8.76. The molecule has 0 amide bonds. The summed E-state index contributed by atoms with van der Waals surface area (Å²) in [5.41, 5.74) is 4.34. The van der Waals surface area contributed by atoms with Crippen LogP contribution in [0.4, 0.5) is 0 Å². The van der Waals surface area contributed by atoms with E-state index >= 15 is 0 Å². The number of aryl methyl sites for hydroxylation is 1. The van der Waals surface area contributed by atoms with Crippen molar-refractivity contribution in [3.05, 3.63) is 60.4 Å². The lowest BCUT2D eigenvalue weighted by molar-refractivity contribution is 1.21. The largest absolute Gasteiger partial charge is 0.236 e. The molecule has 0 aliphatic carbocycles. The van der Waals surface area contributed by atoms with Crippen molar-refractivity contribution >= 4 is 10.9 Å². The van der Waals surface area contributed by atoms with Crippen LogP contribution in [0.15, 0.2) is 54.9 Å². The first-order valence-corrected chi connectivity index (χ1v) is 5.62. The van der Waals surface area contributed by atoms with Gasteiger partial charge in [0.1, 0.15) is 6.33 Å². The third kappa shape index (κ3) is 1.68. The number of aromatic nitrogens is 2. The van der Waals surface area contributed by atoms with E-state index in [1.165, 1.54) is 5.56 Å². The molecule has 3 aromatic rings. The van der Waals surface area contributed by atoms with Crippen LogP contribution in [0.2, 0.25) is 0 Å². The highest BCUT2D eigenvalue weighted by Gasteiger charge is 2.06. The number of hydrogen-bond acceptors (Lipinski definition) is 2. The molecule has 0 unspecified atom stereocenters. The second-order valence-corrected chi connectivity index (χ2v) is 4.06. The summed E-state index contributed by atoms with van der Waals surface area (Å²) in [6.07, 6.45) is 1.64. The van der Waals surface area contributed by atoms with Crippen molar-refractivity contribution in [3.63, 3.8) is 0 Å². The number of hydrogen-bond donors (Lipinski definition) is 0. The SMILES string of the molecule is Cc1cccc2c(-c3ccccc3)ncnc12. The van der Waals surface area contributed by atoms with E-state index in [1.54, 1.807) is 6.33 Å². The molecule has 0 atom stereocenters. The van der Waals surface area contributed by atoms with Crippen molar-refractivity contribution < 1.29 is 0 Å². The zero-order valence-electron chi connectivity index (χ0n) is 9.59. The third-order valence-electron chi connectivity index (χ3n) is 2.91. The fraction of sp³-hybridized carbons (Fsp3) is 0.0667. The highest BCUT2D eigenvalue weighted by Crippen LogP contribution is 2.26. The highest BCUT2D eigenvalue weighted by atomic mass is 14.8. The molecule has 0 aliphatic rings. The lowest BCUT2D eigenvalue weighted by Gasteiger charge is -2.06. The van der Waals surface area contributed by atoms with Gasteiger partial charge >= 0.3 is 0 Å². The maximum atomic E-state index is 4.41. The average Bonchev–Trinajstić information content (AvgIpc) is 2.40. The summed E-state index contributed by atoms with van der Waals surface area (Å²) in [5.74, 6) is 0. The van der Waals surface area contributed by atoms with Crippen molar-refractivity contribution in [2.75, 3.05) is 0 Å². The van der Waals surface area contributed by atoms with Gasteiger partial charge in [0.25, 0.3) is 0 Å². The quantitative estimate of drug-likeness (QED) is 0.626. The van der Waals surface area contributed by atoms with E-state index in [0.29, 0.717) is 0 Å². The Kier molecular flexibility index (Phi) is 2.33. The van der Waals surface area contributed by atoms with Gasteiger partial charge in [-0.1, -0.05) is 48.5 Å². The molecule has 1 heterocycles. The minimum atomic E-state index is 0.999. The smallest absolute Gasteiger partial charge is 0.116 e. The van der Waals surface area contributed by atoms with Gasteiger partial charge in [-0.15, -0.1) is 0 Å². The third-order valence-corrected chi connectivity index (χ3v) is 2.91. The summed E-state index contributed by atoms with van der Waals surface area (Å²) < 4.78 is 0. The molecule has 0 radical (unpaired) electrons. The van der Waals surface area contributed by atoms with Crippen LogP contribution in [-0.4, -0.2) is 9.97 Å². The highest BCUT2D eigenvalue weighted by molar-refractivity contribution is 5.93. The molecule has 1 aromatic heterocycles. The first-order chi connectivity index (χ1) is 8.36. The van der Waals surface area contributed by atoms with E-state index < -0.39 is 0 Å². The van der Waals surface area contributed by atoms with Crippen molar-refractivity contribution in [2.24, 2.45) is 0 Å². The monoisotopic (exact) mass is 220 g/mol. The fourth-order valence-corrected chi connectivity index (χ4v) is 2.06. The van der Waals surface area contributed by atoms with Crippen molar-refractivity contribution in [2.45, 2.75) is 6.92 Å². The Morgan fingerprint density at radius 2 is 1.65 bits per heavy atom. The Hall–Kier alpha value is -2.22. The molecule has 0 saturated heterocycles. The van der Waals surface area contributed by atoms with Crippen molar-refractivity contribution in [1.29, 1.82) is 0 Å². The predicted octanol–water partition coefficient (Wildman–Crippen LogP) is 3.61. The molecule has 2 aromatic carbocycles. The minimum absolute atomic E-state index is 0.999. The van der Waals surface area contributed by atoms with Gasteiger partial charge in [-0.2, -0.15) is 0 Å². The van der Waals surface area contributed by atoms with Gasteiger partial charge in [-0.05, 0) is 12.5 Å². The van der Waals surface area contributed by atoms with E-state index in [0.717, 1.165) is 22.2 Å². The van der Waals surface area contributed by atoms with E-state index in [1.807, 2.05) is 24.3 Å². The van der Waals surface area contributed by atoms with Gasteiger partial charge in [0.2, 0.25) is 0 Å². The molecule has 82 valence electrons. The molecule has 17 heavy (non-hydrogen) atoms. The van der Waals surface area contributed by atoms with E-state index in [4.69, 9.17) is 0 Å². The maximum Gasteiger partial charge on any atom is 0.116 e. The van der Waals surface area contributed by atoms with E-state index in [9.17, 15) is 0 Å². The molecule has 0 saturated carbocycles. The van der Waals surface area contributed by atoms with Gasteiger partial charge in [-0.3, -0.25) is 0 Å². The lowest BCUT2D eigenvalue weighted by Crippen LogP contribution is -1.90. The first-order valence-electron chi connectivity index (χ1n) is 5.62. The lowest BCUT2D eigenvalue weighted by atomic mass is 10.0. The summed E-state index contributed by atoms with van der Waals surface area (Å²) in [6.45, 7) is 2.07. The van der Waals surface area contributed by atoms with Gasteiger partial charge in [0.15, 0.2) is 0 Å². The van der Waals surface area contributed by atoms with Crippen LogP contribution < -0.4 is 0 Å². The van der Waals surface area contributed by atoms with Crippen LogP contribution in [0, 0.1) is 6.92 Å². The Morgan fingerprint density at radius 3 is 2.47 bits per heavy atom. The summed E-state index contributed by atoms with van der Waals surface area (Å²) in [5, 5.41) is 1.11. The van der Waals surface area contributed by atoms with Gasteiger partial charge < -0.3 is 0 Å². The van der Waals surface area contributed by atoms with E-state index in [2.05, 4.69) is 41.2 Å². The Bertz CT molecular complexity index is 660. The minimum Gasteiger partial charge on any atom is -0.236 e. The summed E-state index contributed by atoms with van der Waals surface area (Å²) in [6, 6.07) is 16.4. The van der Waals surface area contributed by atoms with Crippen LogP contribution in [0.25, 0.3) is 22.2 Å². The number of benzene rings is 2. The van der Waals surface area contributed by atoms with Gasteiger partial charge in [-0.25, -0.2) is 9.97 Å². The normalized spacial score (nSPS) is 10.6. The molecular formula is C15H12N2. The zero-order valence-corrected chi connectivity index (χ0v) is 9.59. The van der Waals surface area contributed by atoms with Crippen LogP contribution in [-0.2, 0) is 0 Å². The summed E-state index contributed by atoms with van der Waals surface area (Å²) in [7, 11) is 0. The van der Waals surface area contributed by atoms with E-state index in [-0.39, 0.29) is 0 Å². The van der Waals surface area contributed by atoms with Crippen LogP contribution in [0.1, 0.15) is 5.56 Å². The average molecular weight is 220 g/mol. The molecule has 2 heteroatoms. The van der Waals surface area contributed by atoms with Crippen LogP contribution in [0.5, 0.6) is 0 Å². The molecular weight excluding hydrogens is 208 g/mol. The van der Waals surface area contributed by atoms with Crippen LogP contribution in [0.3, 0.4) is 0 Å². The molecule has 0 spiro atoms. The number of para-hydroxylation sites is 1. The standard InChI is InChI=1S/C15H12N2/c1-11-6-5-9-13-14(11)16-10-17-15(13)12-7-3-2-4-8-12/h2-10H,1H3. The molecule has 0 bridgehead atoms. The maximum absolute atomic E-state index is 4.41. The van der Waals surface area contributed by atoms with Crippen LogP contribution >= 0.6 is 0 Å². The Balaban J connectivity index is 2.35. The molecule has 3 rings (SSSR count). The summed E-state index contributed by atoms with van der Waals surface area (Å²) >= 11 is 0. The van der Waals surface area contributed by atoms with Crippen molar-refractivity contribution in [3.8, 4) is 11.3 Å². The van der Waals surface area contributed by atoms with Crippen molar-refractivity contribution in [1.82, 2.24) is 9.97 Å². The Labute approximate surface area is 100.0 Å². The first kappa shape index (κ1) is 9.97. The number of rotatable bonds is 1. The molecule has 2 nitrogen and oxygen atoms in total. The Morgan fingerprint density at radius 1 is 0.824 bits per heavy atom. The zero-order chi connectivity index (χ0) is 11.7.